The van der Waals surface area contributed by atoms with Gasteiger partial charge in [-0.15, -0.1) is 0 Å². The summed E-state index contributed by atoms with van der Waals surface area (Å²) in [5.41, 5.74) is 9.84. The van der Waals surface area contributed by atoms with Crippen molar-refractivity contribution in [1.82, 2.24) is 0 Å². The highest BCUT2D eigenvalue weighted by Crippen LogP contribution is 2.35. The fourth-order valence-corrected chi connectivity index (χ4v) is 2.45. The molecule has 0 saturated heterocycles. The lowest BCUT2D eigenvalue weighted by molar-refractivity contribution is -0.120. The number of amides is 2. The monoisotopic (exact) mass is 342 g/mol. The minimum atomic E-state index is -0.668. The number of benzene rings is 2. The number of ether oxygens (including phenoxy) is 2. The molecule has 0 unspecified atom stereocenters. The zero-order valence-corrected chi connectivity index (χ0v) is 13.0. The normalized spacial score (nSPS) is 10.7. The third kappa shape index (κ3) is 3.37. The Bertz CT molecular complexity index is 1040. The molecule has 0 radical (unpaired) electrons. The molecular formula is C17H14N2O6. The Morgan fingerprint density at radius 3 is 2.28 bits per heavy atom. The highest BCUT2D eigenvalue weighted by molar-refractivity contribution is 6.08. The lowest BCUT2D eigenvalue weighted by atomic mass is 10.1. The first-order valence-electron chi connectivity index (χ1n) is 7.27. The maximum absolute atomic E-state index is 12.2. The average Bonchev–Trinajstić information content (AvgIpc) is 2.57. The van der Waals surface area contributed by atoms with Crippen LogP contribution in [0.15, 0.2) is 45.6 Å². The first kappa shape index (κ1) is 16.3. The summed E-state index contributed by atoms with van der Waals surface area (Å²) in [7, 11) is 0. The molecule has 8 nitrogen and oxygen atoms in total. The van der Waals surface area contributed by atoms with Gasteiger partial charge >= 0.3 is 5.63 Å². The maximum Gasteiger partial charge on any atom is 0.344 e. The highest BCUT2D eigenvalue weighted by atomic mass is 16.5. The molecule has 1 aromatic heterocycles. The minimum Gasteiger partial charge on any atom is -0.484 e. The minimum absolute atomic E-state index is 0.185. The Kier molecular flexibility index (Phi) is 4.25. The van der Waals surface area contributed by atoms with Crippen LogP contribution in [0.25, 0.3) is 21.7 Å². The van der Waals surface area contributed by atoms with Crippen LogP contribution in [0.1, 0.15) is 0 Å². The van der Waals surface area contributed by atoms with Crippen LogP contribution in [0.2, 0.25) is 0 Å². The number of carbonyl (C=O) groups excluding carboxylic acids is 2. The van der Waals surface area contributed by atoms with Crippen molar-refractivity contribution in [3.8, 4) is 11.5 Å². The van der Waals surface area contributed by atoms with Gasteiger partial charge in [0.15, 0.2) is 13.2 Å². The van der Waals surface area contributed by atoms with E-state index in [1.807, 2.05) is 0 Å². The van der Waals surface area contributed by atoms with Crippen LogP contribution in [-0.4, -0.2) is 25.0 Å². The third-order valence-electron chi connectivity index (χ3n) is 3.41. The van der Waals surface area contributed by atoms with E-state index in [-0.39, 0.29) is 30.3 Å². The van der Waals surface area contributed by atoms with Gasteiger partial charge in [0.05, 0.1) is 10.8 Å². The molecule has 0 aliphatic heterocycles. The molecule has 2 amide bonds. The second kappa shape index (κ2) is 6.52. The first-order chi connectivity index (χ1) is 12.0. The predicted octanol–water partition coefficient (Wildman–Crippen LogP) is 0.674. The van der Waals surface area contributed by atoms with Crippen molar-refractivity contribution < 1.29 is 23.5 Å². The molecule has 0 aliphatic rings. The summed E-state index contributed by atoms with van der Waals surface area (Å²) in [6.07, 6.45) is 0. The van der Waals surface area contributed by atoms with Gasteiger partial charge in [-0.05, 0) is 6.07 Å². The van der Waals surface area contributed by atoms with Crippen LogP contribution in [0, 0.1) is 0 Å². The van der Waals surface area contributed by atoms with Crippen molar-refractivity contribution >= 4 is 33.6 Å². The van der Waals surface area contributed by atoms with Crippen LogP contribution in [0.4, 0.5) is 0 Å². The second-order valence-corrected chi connectivity index (χ2v) is 5.24. The smallest absolute Gasteiger partial charge is 0.344 e. The Hall–Kier alpha value is -3.55. The van der Waals surface area contributed by atoms with Gasteiger partial charge in [-0.2, -0.15) is 0 Å². The van der Waals surface area contributed by atoms with Crippen molar-refractivity contribution in [2.75, 3.05) is 13.2 Å². The van der Waals surface area contributed by atoms with Crippen LogP contribution in [0.5, 0.6) is 11.5 Å². The fraction of sp³-hybridized carbons (Fsp3) is 0.118. The molecule has 25 heavy (non-hydrogen) atoms. The van der Waals surface area contributed by atoms with E-state index in [2.05, 4.69) is 0 Å². The van der Waals surface area contributed by atoms with E-state index >= 15 is 0 Å². The van der Waals surface area contributed by atoms with Crippen molar-refractivity contribution in [1.29, 1.82) is 0 Å². The first-order valence-corrected chi connectivity index (χ1v) is 7.27. The molecule has 0 aliphatic carbocycles. The number of nitrogens with two attached hydrogens (primary N) is 2. The summed E-state index contributed by atoms with van der Waals surface area (Å²) in [4.78, 5) is 34.1. The number of hydrogen-bond donors (Lipinski definition) is 2. The summed E-state index contributed by atoms with van der Waals surface area (Å²) in [6, 6.07) is 9.74. The molecule has 0 spiro atoms. The predicted molar refractivity (Wildman–Crippen MR) is 89.4 cm³/mol. The molecule has 3 rings (SSSR count). The van der Waals surface area contributed by atoms with Crippen molar-refractivity contribution in [3.05, 3.63) is 46.8 Å². The van der Waals surface area contributed by atoms with Gasteiger partial charge in [0.2, 0.25) is 0 Å². The summed E-state index contributed by atoms with van der Waals surface area (Å²) < 4.78 is 16.0. The van der Waals surface area contributed by atoms with Gasteiger partial charge < -0.3 is 25.4 Å². The molecule has 0 saturated carbocycles. The molecule has 0 bridgehead atoms. The highest BCUT2D eigenvalue weighted by Gasteiger charge is 2.15. The van der Waals surface area contributed by atoms with Crippen LogP contribution in [0.3, 0.4) is 0 Å². The van der Waals surface area contributed by atoms with E-state index in [9.17, 15) is 14.4 Å². The number of fused-ring (bicyclic) bond motifs is 3. The van der Waals surface area contributed by atoms with E-state index in [1.54, 1.807) is 24.3 Å². The number of primary amides is 2. The van der Waals surface area contributed by atoms with Gasteiger partial charge in [-0.25, -0.2) is 4.79 Å². The third-order valence-corrected chi connectivity index (χ3v) is 3.41. The molecule has 1 heterocycles. The molecule has 0 atom stereocenters. The number of carbonyl (C=O) groups is 2. The SMILES string of the molecule is NC(=O)COc1cc(OCC(N)=O)c2c(c1)oc(=O)c1ccccc12. The molecule has 4 N–H and O–H groups in total. The Morgan fingerprint density at radius 1 is 0.960 bits per heavy atom. The van der Waals surface area contributed by atoms with Crippen LogP contribution >= 0.6 is 0 Å². The zero-order chi connectivity index (χ0) is 18.0. The molecular weight excluding hydrogens is 328 g/mol. The molecule has 2 aromatic carbocycles. The lowest BCUT2D eigenvalue weighted by Crippen LogP contribution is -2.21. The van der Waals surface area contributed by atoms with Crippen LogP contribution in [-0.2, 0) is 9.59 Å². The topological polar surface area (TPSA) is 135 Å². The van der Waals surface area contributed by atoms with Gasteiger partial charge in [0.1, 0.15) is 17.1 Å². The Labute approximate surface area is 140 Å². The zero-order valence-electron chi connectivity index (χ0n) is 13.0. The van der Waals surface area contributed by atoms with Gasteiger partial charge in [0, 0.05) is 17.5 Å². The van der Waals surface area contributed by atoms with E-state index in [4.69, 9.17) is 25.4 Å². The summed E-state index contributed by atoms with van der Waals surface area (Å²) in [5.74, 6) is -0.905. The molecule has 128 valence electrons. The standard InChI is InChI=1S/C17H14N2O6/c18-14(20)7-23-9-5-12(24-8-15(19)21)16-10-3-1-2-4-11(10)17(22)25-13(16)6-9/h1-6H,7-8H2,(H2,18,20)(H2,19,21). The Balaban J connectivity index is 2.24. The summed E-state index contributed by atoms with van der Waals surface area (Å²) in [6.45, 7) is -0.736. The van der Waals surface area contributed by atoms with Crippen LogP contribution < -0.4 is 26.6 Å². The van der Waals surface area contributed by atoms with Gasteiger partial charge in [-0.3, -0.25) is 9.59 Å². The maximum atomic E-state index is 12.2. The molecule has 3 aromatic rings. The van der Waals surface area contributed by atoms with Crippen molar-refractivity contribution in [2.24, 2.45) is 11.5 Å². The lowest BCUT2D eigenvalue weighted by Gasteiger charge is -2.12. The molecule has 8 heteroatoms. The molecule has 0 fully saturated rings. The largest absolute Gasteiger partial charge is 0.484 e. The number of hydrogen-bond acceptors (Lipinski definition) is 6. The van der Waals surface area contributed by atoms with Crippen molar-refractivity contribution in [2.45, 2.75) is 0 Å². The van der Waals surface area contributed by atoms with E-state index in [1.165, 1.54) is 12.1 Å². The van der Waals surface area contributed by atoms with E-state index in [0.29, 0.717) is 16.2 Å². The fourth-order valence-electron chi connectivity index (χ4n) is 2.45. The summed E-state index contributed by atoms with van der Waals surface area (Å²) >= 11 is 0. The van der Waals surface area contributed by atoms with Gasteiger partial charge in [0.25, 0.3) is 11.8 Å². The van der Waals surface area contributed by atoms with Gasteiger partial charge in [-0.1, -0.05) is 18.2 Å². The number of rotatable bonds is 6. The Morgan fingerprint density at radius 2 is 1.60 bits per heavy atom. The van der Waals surface area contributed by atoms with Crippen molar-refractivity contribution in [3.63, 3.8) is 0 Å². The average molecular weight is 342 g/mol. The van der Waals surface area contributed by atoms with E-state index in [0.717, 1.165) is 0 Å². The quantitative estimate of drug-likeness (QED) is 0.499. The van der Waals surface area contributed by atoms with E-state index < -0.39 is 17.4 Å². The second-order valence-electron chi connectivity index (χ2n) is 5.24. The summed E-state index contributed by atoms with van der Waals surface area (Å²) in [5, 5.41) is 1.45.